The van der Waals surface area contributed by atoms with Crippen LogP contribution < -0.4 is 14.8 Å². The van der Waals surface area contributed by atoms with E-state index >= 15 is 0 Å². The van der Waals surface area contributed by atoms with E-state index in [4.69, 9.17) is 4.74 Å². The molecule has 0 radical (unpaired) electrons. The molecule has 0 saturated carbocycles. The van der Waals surface area contributed by atoms with Crippen LogP contribution in [-0.4, -0.2) is 21.2 Å². The Hall–Kier alpha value is -3.25. The molecule has 0 unspecified atom stereocenters. The zero-order valence-corrected chi connectivity index (χ0v) is 17.1. The molecular weight excluding hydrogens is 382 g/mol. The molecule has 2 aromatic heterocycles. The van der Waals surface area contributed by atoms with E-state index in [9.17, 15) is 4.79 Å². The number of aryl methyl sites for hydroxylation is 1. The van der Waals surface area contributed by atoms with Crippen molar-refractivity contribution in [2.24, 2.45) is 0 Å². The van der Waals surface area contributed by atoms with Crippen LogP contribution in [0.5, 0.6) is 5.75 Å². The first-order valence-electron chi connectivity index (χ1n) is 9.52. The van der Waals surface area contributed by atoms with Crippen LogP contribution in [0, 0.1) is 6.92 Å². The number of hydrogen-bond donors (Lipinski definition) is 0. The molecule has 0 amide bonds. The zero-order chi connectivity index (χ0) is 20.2. The number of thiazole rings is 1. The van der Waals surface area contributed by atoms with E-state index in [2.05, 4.69) is 36.1 Å². The molecule has 0 aliphatic carbocycles. The van der Waals surface area contributed by atoms with E-state index in [0.29, 0.717) is 21.9 Å². The summed E-state index contributed by atoms with van der Waals surface area (Å²) in [5.41, 5.74) is 2.98. The highest BCUT2D eigenvalue weighted by Crippen LogP contribution is 2.19. The van der Waals surface area contributed by atoms with Gasteiger partial charge in [-0.3, -0.25) is 4.79 Å². The maximum Gasteiger partial charge on any atom is 0.291 e. The minimum Gasteiger partial charge on any atom is -0.493 e. The van der Waals surface area contributed by atoms with Crippen molar-refractivity contribution in [2.75, 3.05) is 6.61 Å². The molecule has 29 heavy (non-hydrogen) atoms. The Morgan fingerprint density at radius 2 is 1.90 bits per heavy atom. The van der Waals surface area contributed by atoms with Gasteiger partial charge in [-0.15, -0.1) is 5.10 Å². The first-order valence-corrected chi connectivity index (χ1v) is 10.3. The van der Waals surface area contributed by atoms with Gasteiger partial charge >= 0.3 is 0 Å². The van der Waals surface area contributed by atoms with Crippen LogP contribution in [0.1, 0.15) is 35.9 Å². The summed E-state index contributed by atoms with van der Waals surface area (Å²) in [4.78, 5) is 17.8. The molecule has 0 aliphatic heterocycles. The Morgan fingerprint density at radius 1 is 1.10 bits per heavy atom. The van der Waals surface area contributed by atoms with E-state index < -0.39 is 0 Å². The molecular formula is C23H21N3O2S. The highest BCUT2D eigenvalue weighted by Gasteiger charge is 2.10. The average Bonchev–Trinajstić information content (AvgIpc) is 3.26. The predicted molar refractivity (Wildman–Crippen MR) is 118 cm³/mol. The first-order chi connectivity index (χ1) is 14.1. The standard InChI is InChI=1S/C23H21N3O2S/c1-3-14-28-19-7-5-4-6-18(19)15-20-22(27)26-23(29-20)24-21(25-26)13-12-17-10-8-16(2)9-11-17/h4-13,15H,3,14H2,1-2H3/b13-12+,20-15-. The maximum atomic E-state index is 12.8. The summed E-state index contributed by atoms with van der Waals surface area (Å²) in [6, 6.07) is 15.9. The lowest BCUT2D eigenvalue weighted by Gasteiger charge is -2.07. The van der Waals surface area contributed by atoms with Crippen molar-refractivity contribution in [3.05, 3.63) is 85.9 Å². The normalized spacial score (nSPS) is 12.3. The second-order valence-corrected chi connectivity index (χ2v) is 7.72. The topological polar surface area (TPSA) is 56.5 Å². The lowest BCUT2D eigenvalue weighted by molar-refractivity contribution is 0.317. The van der Waals surface area contributed by atoms with Gasteiger partial charge in [0, 0.05) is 5.56 Å². The van der Waals surface area contributed by atoms with Gasteiger partial charge < -0.3 is 4.74 Å². The zero-order valence-electron chi connectivity index (χ0n) is 16.3. The third-order valence-electron chi connectivity index (χ3n) is 4.37. The van der Waals surface area contributed by atoms with Gasteiger partial charge in [-0.25, -0.2) is 0 Å². The molecule has 0 aliphatic rings. The minimum absolute atomic E-state index is 0.169. The van der Waals surface area contributed by atoms with Crippen molar-refractivity contribution in [2.45, 2.75) is 20.3 Å². The Morgan fingerprint density at radius 3 is 2.66 bits per heavy atom. The van der Waals surface area contributed by atoms with Crippen molar-refractivity contribution >= 4 is 34.5 Å². The molecule has 4 rings (SSSR count). The highest BCUT2D eigenvalue weighted by molar-refractivity contribution is 7.15. The van der Waals surface area contributed by atoms with Crippen LogP contribution in [-0.2, 0) is 0 Å². The van der Waals surface area contributed by atoms with Crippen molar-refractivity contribution < 1.29 is 4.74 Å². The molecule has 0 spiro atoms. The van der Waals surface area contributed by atoms with Crippen LogP contribution in [0.3, 0.4) is 0 Å². The molecule has 0 atom stereocenters. The van der Waals surface area contributed by atoms with Crippen molar-refractivity contribution in [1.29, 1.82) is 0 Å². The molecule has 2 aromatic carbocycles. The third-order valence-corrected chi connectivity index (χ3v) is 5.33. The SMILES string of the molecule is CCCOc1ccccc1/C=c1\sc2nc(/C=C/c3ccc(C)cc3)nn2c1=O. The fourth-order valence-electron chi connectivity index (χ4n) is 2.85. The fraction of sp³-hybridized carbons (Fsp3) is 0.174. The molecule has 6 heteroatoms. The summed E-state index contributed by atoms with van der Waals surface area (Å²) in [6.45, 7) is 4.76. The largest absolute Gasteiger partial charge is 0.493 e. The average molecular weight is 404 g/mol. The number of para-hydroxylation sites is 1. The van der Waals surface area contributed by atoms with E-state index in [1.54, 1.807) is 0 Å². The fourth-order valence-corrected chi connectivity index (χ4v) is 3.76. The Bertz CT molecular complexity index is 1270. The molecule has 5 nitrogen and oxygen atoms in total. The van der Waals surface area contributed by atoms with Crippen LogP contribution in [0.4, 0.5) is 0 Å². The lowest BCUT2D eigenvalue weighted by Crippen LogP contribution is -2.23. The van der Waals surface area contributed by atoms with Crippen molar-refractivity contribution in [3.63, 3.8) is 0 Å². The quantitative estimate of drug-likeness (QED) is 0.489. The number of ether oxygens (including phenoxy) is 1. The summed E-state index contributed by atoms with van der Waals surface area (Å²) in [7, 11) is 0. The Labute approximate surface area is 172 Å². The van der Waals surface area contributed by atoms with Gasteiger partial charge in [-0.2, -0.15) is 9.50 Å². The van der Waals surface area contributed by atoms with Gasteiger partial charge in [0.05, 0.1) is 11.1 Å². The number of rotatable bonds is 6. The van der Waals surface area contributed by atoms with Gasteiger partial charge in [-0.1, -0.05) is 72.4 Å². The van der Waals surface area contributed by atoms with Crippen LogP contribution in [0.2, 0.25) is 0 Å². The molecule has 2 heterocycles. The second kappa shape index (κ2) is 8.41. The predicted octanol–water partition coefficient (Wildman–Crippen LogP) is 3.97. The van der Waals surface area contributed by atoms with Gasteiger partial charge in [0.15, 0.2) is 5.82 Å². The van der Waals surface area contributed by atoms with Crippen molar-refractivity contribution in [1.82, 2.24) is 14.6 Å². The summed E-state index contributed by atoms with van der Waals surface area (Å²) < 4.78 is 7.73. The van der Waals surface area contributed by atoms with Crippen LogP contribution in [0.15, 0.2) is 53.3 Å². The van der Waals surface area contributed by atoms with Crippen molar-refractivity contribution in [3.8, 4) is 5.75 Å². The van der Waals surface area contributed by atoms with Crippen LogP contribution in [0.25, 0.3) is 23.2 Å². The van der Waals surface area contributed by atoms with Gasteiger partial charge in [0.2, 0.25) is 4.96 Å². The molecule has 146 valence electrons. The molecule has 0 bridgehead atoms. The summed E-state index contributed by atoms with van der Waals surface area (Å²) >= 11 is 1.33. The summed E-state index contributed by atoms with van der Waals surface area (Å²) in [6.07, 6.45) is 6.53. The number of hydrogen-bond acceptors (Lipinski definition) is 5. The van der Waals surface area contributed by atoms with E-state index in [1.807, 2.05) is 54.6 Å². The number of aromatic nitrogens is 3. The highest BCUT2D eigenvalue weighted by atomic mass is 32.1. The summed E-state index contributed by atoms with van der Waals surface area (Å²) in [5.74, 6) is 1.29. The molecule has 4 aromatic rings. The lowest BCUT2D eigenvalue weighted by atomic mass is 10.1. The van der Waals surface area contributed by atoms with E-state index in [0.717, 1.165) is 23.3 Å². The minimum atomic E-state index is -0.169. The van der Waals surface area contributed by atoms with Gasteiger partial charge in [0.25, 0.3) is 5.56 Å². The maximum absolute atomic E-state index is 12.8. The number of fused-ring (bicyclic) bond motifs is 1. The number of benzene rings is 2. The molecule has 0 fully saturated rings. The van der Waals surface area contributed by atoms with E-state index in [-0.39, 0.29) is 5.56 Å². The Balaban J connectivity index is 1.65. The second-order valence-electron chi connectivity index (χ2n) is 6.71. The molecule has 0 N–H and O–H groups in total. The third kappa shape index (κ3) is 4.27. The first kappa shape index (κ1) is 19.1. The van der Waals surface area contributed by atoms with Gasteiger partial charge in [0.1, 0.15) is 5.75 Å². The van der Waals surface area contributed by atoms with Crippen LogP contribution >= 0.6 is 11.3 Å². The summed E-state index contributed by atoms with van der Waals surface area (Å²) in [5, 5.41) is 4.34. The number of nitrogens with zero attached hydrogens (tertiary/aromatic N) is 3. The smallest absolute Gasteiger partial charge is 0.291 e. The van der Waals surface area contributed by atoms with Gasteiger partial charge in [-0.05, 0) is 37.1 Å². The molecule has 0 saturated heterocycles. The monoisotopic (exact) mass is 403 g/mol. The Kier molecular flexibility index (Phi) is 5.53. The van der Waals surface area contributed by atoms with E-state index in [1.165, 1.54) is 21.4 Å².